The van der Waals surface area contributed by atoms with Crippen molar-refractivity contribution in [3.05, 3.63) is 82.5 Å². The van der Waals surface area contributed by atoms with Gasteiger partial charge < -0.3 is 9.73 Å². The summed E-state index contributed by atoms with van der Waals surface area (Å²) in [6.07, 6.45) is 0.426. The Kier molecular flexibility index (Phi) is 4.91. The highest BCUT2D eigenvalue weighted by molar-refractivity contribution is 6.30. The van der Waals surface area contributed by atoms with Crippen molar-refractivity contribution in [1.29, 1.82) is 0 Å². The second-order valence-electron chi connectivity index (χ2n) is 5.41. The Hall–Kier alpha value is -2.66. The zero-order chi connectivity index (χ0) is 16.9. The smallest absolute Gasteiger partial charge is 0.309 e. The lowest BCUT2D eigenvalue weighted by atomic mass is 10.1. The quantitative estimate of drug-likeness (QED) is 0.766. The van der Waals surface area contributed by atoms with Crippen LogP contribution in [-0.2, 0) is 6.42 Å². The number of carbonyl (C=O) groups excluding carboxylic acids is 1. The first-order valence-electron chi connectivity index (χ1n) is 7.54. The number of aromatic nitrogens is 2. The molecule has 5 nitrogen and oxygen atoms in total. The van der Waals surface area contributed by atoms with E-state index in [0.717, 1.165) is 11.1 Å². The summed E-state index contributed by atoms with van der Waals surface area (Å²) in [5.74, 6) is -0.0687. The second kappa shape index (κ2) is 7.27. The third-order valence-electron chi connectivity index (χ3n) is 3.55. The molecule has 6 heteroatoms. The number of hydrogen-bond donors (Lipinski definition) is 1. The van der Waals surface area contributed by atoms with Gasteiger partial charge in [-0.05, 0) is 30.2 Å². The Labute approximate surface area is 144 Å². The van der Waals surface area contributed by atoms with Crippen LogP contribution in [0.15, 0.2) is 59.0 Å². The second-order valence-corrected chi connectivity index (χ2v) is 5.85. The minimum absolute atomic E-state index is 0.0465. The van der Waals surface area contributed by atoms with Gasteiger partial charge in [-0.15, -0.1) is 10.2 Å². The van der Waals surface area contributed by atoms with Crippen LogP contribution < -0.4 is 5.32 Å². The molecule has 122 valence electrons. The Bertz CT molecular complexity index is 833. The first-order valence-corrected chi connectivity index (χ1v) is 7.92. The van der Waals surface area contributed by atoms with Crippen LogP contribution in [0.3, 0.4) is 0 Å². The molecule has 0 aliphatic rings. The summed E-state index contributed by atoms with van der Waals surface area (Å²) >= 11 is 5.95. The molecule has 0 spiro atoms. The van der Waals surface area contributed by atoms with Gasteiger partial charge in [-0.1, -0.05) is 54.1 Å². The van der Waals surface area contributed by atoms with Gasteiger partial charge in [-0.3, -0.25) is 4.79 Å². The highest BCUT2D eigenvalue weighted by atomic mass is 35.5. The number of rotatable bonds is 5. The first-order chi connectivity index (χ1) is 11.6. The molecule has 1 atom stereocenters. The van der Waals surface area contributed by atoms with Gasteiger partial charge in [0.15, 0.2) is 0 Å². The van der Waals surface area contributed by atoms with Crippen LogP contribution in [0.5, 0.6) is 0 Å². The topological polar surface area (TPSA) is 68.0 Å². The number of carbonyl (C=O) groups is 1. The number of halogens is 1. The van der Waals surface area contributed by atoms with Gasteiger partial charge in [-0.25, -0.2) is 0 Å². The Morgan fingerprint density at radius 1 is 1.17 bits per heavy atom. The third-order valence-corrected chi connectivity index (χ3v) is 3.79. The summed E-state index contributed by atoms with van der Waals surface area (Å²) in [4.78, 5) is 12.2. The summed E-state index contributed by atoms with van der Waals surface area (Å²) in [5.41, 5.74) is 1.94. The van der Waals surface area contributed by atoms with E-state index in [1.807, 2.05) is 55.5 Å². The fraction of sp³-hybridized carbons (Fsp3) is 0.167. The SMILES string of the molecule is CC(NC(=O)c1nnc(Cc2cccc(Cl)c2)o1)c1ccccc1. The fourth-order valence-corrected chi connectivity index (χ4v) is 2.53. The van der Waals surface area contributed by atoms with Crippen molar-refractivity contribution in [2.75, 3.05) is 0 Å². The summed E-state index contributed by atoms with van der Waals surface area (Å²) in [6.45, 7) is 1.90. The number of nitrogens with zero attached hydrogens (tertiary/aromatic N) is 2. The molecule has 0 saturated carbocycles. The van der Waals surface area contributed by atoms with Gasteiger partial charge in [-0.2, -0.15) is 0 Å². The lowest BCUT2D eigenvalue weighted by Gasteiger charge is -2.12. The van der Waals surface area contributed by atoms with E-state index in [9.17, 15) is 4.79 Å². The molecule has 0 aliphatic heterocycles. The van der Waals surface area contributed by atoms with E-state index in [1.54, 1.807) is 6.07 Å². The molecule has 1 heterocycles. The lowest BCUT2D eigenvalue weighted by Crippen LogP contribution is -2.26. The van der Waals surface area contributed by atoms with Crippen molar-refractivity contribution in [2.24, 2.45) is 0 Å². The molecule has 1 amide bonds. The van der Waals surface area contributed by atoms with E-state index in [0.29, 0.717) is 17.3 Å². The fourth-order valence-electron chi connectivity index (χ4n) is 2.32. The van der Waals surface area contributed by atoms with Gasteiger partial charge in [0.2, 0.25) is 5.89 Å². The van der Waals surface area contributed by atoms with Crippen molar-refractivity contribution in [3.8, 4) is 0 Å². The minimum Gasteiger partial charge on any atom is -0.417 e. The molecule has 2 aromatic carbocycles. The van der Waals surface area contributed by atoms with E-state index < -0.39 is 5.91 Å². The maximum absolute atomic E-state index is 12.2. The number of nitrogens with one attached hydrogen (secondary N) is 1. The predicted octanol–water partition coefficient (Wildman–Crippen LogP) is 3.80. The van der Waals surface area contributed by atoms with Crippen LogP contribution in [0.25, 0.3) is 0 Å². The molecule has 1 aromatic heterocycles. The summed E-state index contributed by atoms with van der Waals surface area (Å²) in [7, 11) is 0. The molecule has 0 saturated heterocycles. The normalized spacial score (nSPS) is 11.9. The Morgan fingerprint density at radius 3 is 2.71 bits per heavy atom. The summed E-state index contributed by atoms with van der Waals surface area (Å²) < 4.78 is 5.45. The monoisotopic (exact) mass is 341 g/mol. The van der Waals surface area contributed by atoms with E-state index in [1.165, 1.54) is 0 Å². The number of amides is 1. The van der Waals surface area contributed by atoms with Crippen molar-refractivity contribution in [1.82, 2.24) is 15.5 Å². The molecule has 1 N–H and O–H groups in total. The molecule has 24 heavy (non-hydrogen) atoms. The third kappa shape index (κ3) is 4.00. The largest absolute Gasteiger partial charge is 0.417 e. The molecule has 1 unspecified atom stereocenters. The van der Waals surface area contributed by atoms with Crippen LogP contribution in [0.1, 0.15) is 40.7 Å². The van der Waals surface area contributed by atoms with Crippen LogP contribution in [-0.4, -0.2) is 16.1 Å². The summed E-state index contributed by atoms with van der Waals surface area (Å²) in [5, 5.41) is 11.2. The van der Waals surface area contributed by atoms with Gasteiger partial charge >= 0.3 is 11.8 Å². The molecule has 0 bridgehead atoms. The maximum Gasteiger partial charge on any atom is 0.309 e. The van der Waals surface area contributed by atoms with Gasteiger partial charge in [0.1, 0.15) is 0 Å². The molecule has 3 aromatic rings. The van der Waals surface area contributed by atoms with Crippen molar-refractivity contribution >= 4 is 17.5 Å². The zero-order valence-electron chi connectivity index (χ0n) is 13.1. The van der Waals surface area contributed by atoms with E-state index in [-0.39, 0.29) is 11.9 Å². The van der Waals surface area contributed by atoms with Crippen LogP contribution in [0.4, 0.5) is 0 Å². The van der Waals surface area contributed by atoms with Crippen molar-refractivity contribution in [2.45, 2.75) is 19.4 Å². The van der Waals surface area contributed by atoms with Gasteiger partial charge in [0.25, 0.3) is 0 Å². The summed E-state index contributed by atoms with van der Waals surface area (Å²) in [6, 6.07) is 16.9. The van der Waals surface area contributed by atoms with E-state index >= 15 is 0 Å². The molecular formula is C18H16ClN3O2. The molecule has 0 radical (unpaired) electrons. The molecule has 0 aliphatic carbocycles. The number of hydrogen-bond acceptors (Lipinski definition) is 4. The zero-order valence-corrected chi connectivity index (χ0v) is 13.8. The van der Waals surface area contributed by atoms with Gasteiger partial charge in [0.05, 0.1) is 12.5 Å². The van der Waals surface area contributed by atoms with Gasteiger partial charge in [0, 0.05) is 5.02 Å². The first kappa shape index (κ1) is 16.2. The van der Waals surface area contributed by atoms with E-state index in [2.05, 4.69) is 15.5 Å². The molecule has 0 fully saturated rings. The van der Waals surface area contributed by atoms with Crippen LogP contribution in [0, 0.1) is 0 Å². The average Bonchev–Trinajstić information content (AvgIpc) is 3.04. The highest BCUT2D eigenvalue weighted by Crippen LogP contribution is 2.15. The predicted molar refractivity (Wildman–Crippen MR) is 90.9 cm³/mol. The highest BCUT2D eigenvalue weighted by Gasteiger charge is 2.17. The molecular weight excluding hydrogens is 326 g/mol. The lowest BCUT2D eigenvalue weighted by molar-refractivity contribution is 0.0903. The Balaban J connectivity index is 1.65. The minimum atomic E-state index is -0.392. The Morgan fingerprint density at radius 2 is 1.96 bits per heavy atom. The number of benzene rings is 2. The molecule has 3 rings (SSSR count). The average molecular weight is 342 g/mol. The van der Waals surface area contributed by atoms with Crippen LogP contribution in [0.2, 0.25) is 5.02 Å². The van der Waals surface area contributed by atoms with E-state index in [4.69, 9.17) is 16.0 Å². The van der Waals surface area contributed by atoms with Crippen molar-refractivity contribution in [3.63, 3.8) is 0 Å². The van der Waals surface area contributed by atoms with Crippen molar-refractivity contribution < 1.29 is 9.21 Å². The standard InChI is InChI=1S/C18H16ClN3O2/c1-12(14-7-3-2-4-8-14)20-17(23)18-22-21-16(24-18)11-13-6-5-9-15(19)10-13/h2-10,12H,11H2,1H3,(H,20,23). The van der Waals surface area contributed by atoms with Crippen LogP contribution >= 0.6 is 11.6 Å². The maximum atomic E-state index is 12.2.